The highest BCUT2D eigenvalue weighted by molar-refractivity contribution is 5.72. The van der Waals surface area contributed by atoms with Crippen LogP contribution in [0.25, 0.3) is 0 Å². The van der Waals surface area contributed by atoms with Crippen molar-refractivity contribution in [3.05, 3.63) is 0 Å². The minimum Gasteiger partial charge on any atom is -0.334 e. The number of carbonyl (C=O) groups is 1. The van der Waals surface area contributed by atoms with Gasteiger partial charge in [0, 0.05) is 6.04 Å². The van der Waals surface area contributed by atoms with Gasteiger partial charge in [0.1, 0.15) is 0 Å². The predicted molar refractivity (Wildman–Crippen MR) is 59.3 cm³/mol. The van der Waals surface area contributed by atoms with Gasteiger partial charge in [-0.25, -0.2) is 10.3 Å². The molecule has 15 heavy (non-hydrogen) atoms. The quantitative estimate of drug-likeness (QED) is 0.706. The summed E-state index contributed by atoms with van der Waals surface area (Å²) < 4.78 is 0. The van der Waals surface area contributed by atoms with E-state index in [-0.39, 0.29) is 6.03 Å². The van der Waals surface area contributed by atoms with Crippen LogP contribution in [0, 0.1) is 11.8 Å². The van der Waals surface area contributed by atoms with Gasteiger partial charge in [0.2, 0.25) is 0 Å². The van der Waals surface area contributed by atoms with E-state index in [9.17, 15) is 4.79 Å². The maximum absolute atomic E-state index is 11.2. The molecule has 1 rings (SSSR count). The van der Waals surface area contributed by atoms with Crippen molar-refractivity contribution in [1.82, 2.24) is 10.8 Å². The molecular weight excluding hydrogens is 192 g/mol. The zero-order chi connectivity index (χ0) is 11.3. The first kappa shape index (κ1) is 12.3. The smallest absolute Gasteiger partial charge is 0.334 e. The summed E-state index contributed by atoms with van der Waals surface area (Å²) in [6, 6.07) is 0.0770. The molecule has 2 amide bonds. The fraction of sp³-hybridized carbons (Fsp3) is 0.909. The number of nitrogens with one attached hydrogen (secondary N) is 2. The second-order valence-corrected chi connectivity index (χ2v) is 4.65. The van der Waals surface area contributed by atoms with E-state index in [1.807, 2.05) is 0 Å². The minimum atomic E-state index is -0.230. The van der Waals surface area contributed by atoms with Gasteiger partial charge in [-0.15, -0.1) is 0 Å². The standard InChI is InChI=1S/C11H22N2O2/c1-8(2)9-5-4-6-10(7-9)12-11(14)13-15-3/h8-10H,4-7H2,1-3H3,(H2,12,13,14). The van der Waals surface area contributed by atoms with Crippen molar-refractivity contribution in [2.24, 2.45) is 11.8 Å². The SMILES string of the molecule is CONC(=O)NC1CCCC(C(C)C)C1. The van der Waals surface area contributed by atoms with E-state index in [0.717, 1.165) is 18.8 Å². The zero-order valence-corrected chi connectivity index (χ0v) is 9.88. The Bertz CT molecular complexity index is 207. The Morgan fingerprint density at radius 1 is 1.40 bits per heavy atom. The minimum absolute atomic E-state index is 0.230. The third-order valence-electron chi connectivity index (χ3n) is 3.19. The Balaban J connectivity index is 2.33. The molecule has 0 bridgehead atoms. The highest BCUT2D eigenvalue weighted by Crippen LogP contribution is 2.29. The molecule has 0 aromatic rings. The zero-order valence-electron chi connectivity index (χ0n) is 9.88. The van der Waals surface area contributed by atoms with Gasteiger partial charge in [0.25, 0.3) is 0 Å². The largest absolute Gasteiger partial charge is 0.338 e. The van der Waals surface area contributed by atoms with Crippen LogP contribution in [-0.2, 0) is 4.84 Å². The van der Waals surface area contributed by atoms with Crippen molar-refractivity contribution in [3.8, 4) is 0 Å². The molecule has 2 atom stereocenters. The van der Waals surface area contributed by atoms with E-state index in [1.165, 1.54) is 20.0 Å². The molecule has 88 valence electrons. The predicted octanol–water partition coefficient (Wildman–Crippen LogP) is 2.06. The molecule has 0 radical (unpaired) electrons. The molecule has 0 saturated heterocycles. The topological polar surface area (TPSA) is 50.4 Å². The molecule has 1 aliphatic rings. The summed E-state index contributed by atoms with van der Waals surface area (Å²) in [7, 11) is 1.44. The molecule has 1 saturated carbocycles. The van der Waals surface area contributed by atoms with Gasteiger partial charge in [-0.1, -0.05) is 26.7 Å². The Kier molecular flexibility index (Phi) is 4.88. The van der Waals surface area contributed by atoms with Crippen LogP contribution in [0.3, 0.4) is 0 Å². The fourth-order valence-corrected chi connectivity index (χ4v) is 2.27. The number of carbonyl (C=O) groups excluding carboxylic acids is 1. The monoisotopic (exact) mass is 214 g/mol. The highest BCUT2D eigenvalue weighted by Gasteiger charge is 2.24. The van der Waals surface area contributed by atoms with Crippen LogP contribution in [0.1, 0.15) is 39.5 Å². The van der Waals surface area contributed by atoms with Crippen LogP contribution in [0.15, 0.2) is 0 Å². The third-order valence-corrected chi connectivity index (χ3v) is 3.19. The molecule has 0 aromatic carbocycles. The number of rotatable bonds is 3. The first-order valence-electron chi connectivity index (χ1n) is 5.73. The van der Waals surface area contributed by atoms with E-state index in [1.54, 1.807) is 0 Å². The van der Waals surface area contributed by atoms with E-state index in [0.29, 0.717) is 12.0 Å². The summed E-state index contributed by atoms with van der Waals surface area (Å²) in [5.74, 6) is 1.45. The summed E-state index contributed by atoms with van der Waals surface area (Å²) in [4.78, 5) is 15.8. The lowest BCUT2D eigenvalue weighted by atomic mass is 9.79. The average Bonchev–Trinajstić information content (AvgIpc) is 2.18. The lowest BCUT2D eigenvalue weighted by Gasteiger charge is -2.31. The Morgan fingerprint density at radius 3 is 2.73 bits per heavy atom. The van der Waals surface area contributed by atoms with Gasteiger partial charge in [0.15, 0.2) is 0 Å². The molecule has 0 aliphatic heterocycles. The Morgan fingerprint density at radius 2 is 2.13 bits per heavy atom. The van der Waals surface area contributed by atoms with E-state index in [4.69, 9.17) is 0 Å². The van der Waals surface area contributed by atoms with Crippen LogP contribution in [0.2, 0.25) is 0 Å². The van der Waals surface area contributed by atoms with Crippen LogP contribution in [-0.4, -0.2) is 19.2 Å². The van der Waals surface area contributed by atoms with Crippen LogP contribution < -0.4 is 10.8 Å². The van der Waals surface area contributed by atoms with E-state index in [2.05, 4.69) is 29.5 Å². The lowest BCUT2D eigenvalue weighted by molar-refractivity contribution is 0.103. The lowest BCUT2D eigenvalue weighted by Crippen LogP contribution is -2.44. The third kappa shape index (κ3) is 4.08. The van der Waals surface area contributed by atoms with Crippen molar-refractivity contribution in [2.45, 2.75) is 45.6 Å². The van der Waals surface area contributed by atoms with Crippen molar-refractivity contribution >= 4 is 6.03 Å². The van der Waals surface area contributed by atoms with Crippen molar-refractivity contribution in [3.63, 3.8) is 0 Å². The first-order valence-corrected chi connectivity index (χ1v) is 5.73. The van der Waals surface area contributed by atoms with Gasteiger partial charge >= 0.3 is 6.03 Å². The number of amides is 2. The van der Waals surface area contributed by atoms with Crippen molar-refractivity contribution < 1.29 is 9.63 Å². The molecule has 1 fully saturated rings. The molecule has 2 N–H and O–H groups in total. The second kappa shape index (κ2) is 5.95. The summed E-state index contributed by atoms with van der Waals surface area (Å²) in [6.07, 6.45) is 4.68. The van der Waals surface area contributed by atoms with Crippen LogP contribution in [0.4, 0.5) is 4.79 Å². The molecule has 0 aromatic heterocycles. The molecule has 4 nitrogen and oxygen atoms in total. The maximum Gasteiger partial charge on any atom is 0.338 e. The van der Waals surface area contributed by atoms with Crippen LogP contribution in [0.5, 0.6) is 0 Å². The number of hydrogen-bond acceptors (Lipinski definition) is 2. The second-order valence-electron chi connectivity index (χ2n) is 4.65. The fourth-order valence-electron chi connectivity index (χ4n) is 2.27. The van der Waals surface area contributed by atoms with Gasteiger partial charge in [-0.05, 0) is 24.7 Å². The normalized spacial score (nSPS) is 26.4. The van der Waals surface area contributed by atoms with Gasteiger partial charge in [0.05, 0.1) is 7.11 Å². The van der Waals surface area contributed by atoms with E-state index < -0.39 is 0 Å². The maximum atomic E-state index is 11.2. The summed E-state index contributed by atoms with van der Waals surface area (Å²) in [5, 5.41) is 2.93. The summed E-state index contributed by atoms with van der Waals surface area (Å²) in [6.45, 7) is 4.50. The first-order chi connectivity index (χ1) is 7.13. The van der Waals surface area contributed by atoms with Gasteiger partial charge in [-0.3, -0.25) is 4.84 Å². The highest BCUT2D eigenvalue weighted by atomic mass is 16.6. The van der Waals surface area contributed by atoms with Crippen molar-refractivity contribution in [1.29, 1.82) is 0 Å². The molecule has 2 unspecified atom stereocenters. The van der Waals surface area contributed by atoms with Gasteiger partial charge in [-0.2, -0.15) is 0 Å². The summed E-state index contributed by atoms with van der Waals surface area (Å²) >= 11 is 0. The Hall–Kier alpha value is -0.770. The van der Waals surface area contributed by atoms with Crippen LogP contribution >= 0.6 is 0 Å². The molecule has 0 heterocycles. The number of hydroxylamine groups is 1. The van der Waals surface area contributed by atoms with E-state index >= 15 is 0 Å². The molecular formula is C11H22N2O2. The van der Waals surface area contributed by atoms with Crippen molar-refractivity contribution in [2.75, 3.05) is 7.11 Å². The Labute approximate surface area is 91.7 Å². The summed E-state index contributed by atoms with van der Waals surface area (Å²) in [5.41, 5.74) is 2.29. The molecule has 1 aliphatic carbocycles. The number of urea groups is 1. The average molecular weight is 214 g/mol. The number of hydrogen-bond donors (Lipinski definition) is 2. The molecule has 0 spiro atoms. The van der Waals surface area contributed by atoms with Gasteiger partial charge < -0.3 is 5.32 Å². The molecule has 4 heteroatoms.